The molecular weight excluding hydrogens is 799 g/mol. The zero-order valence-corrected chi connectivity index (χ0v) is 36.6. The normalized spacial score (nSPS) is 17.3. The van der Waals surface area contributed by atoms with Crippen LogP contribution < -0.4 is 4.90 Å². The first kappa shape index (κ1) is 38.3. The smallest absolute Gasteiger partial charge is 0.136 e. The molecule has 0 saturated heterocycles. The number of hydrogen-bond donors (Lipinski definition) is 0. The first-order chi connectivity index (χ1) is 32.6. The molecule has 1 heterocycles. The summed E-state index contributed by atoms with van der Waals surface area (Å²) in [6.07, 6.45) is 13.8. The van der Waals surface area contributed by atoms with Gasteiger partial charge in [0.1, 0.15) is 11.2 Å². The van der Waals surface area contributed by atoms with Crippen molar-refractivity contribution in [1.29, 1.82) is 0 Å². The average molecular weight is 844 g/mol. The predicted molar refractivity (Wildman–Crippen MR) is 275 cm³/mol. The van der Waals surface area contributed by atoms with E-state index in [1.54, 1.807) is 0 Å². The van der Waals surface area contributed by atoms with Crippen LogP contribution in [0.15, 0.2) is 247 Å². The minimum Gasteiger partial charge on any atom is -0.456 e. The zero-order chi connectivity index (χ0) is 43.8. The highest BCUT2D eigenvalue weighted by molar-refractivity contribution is 6.06. The van der Waals surface area contributed by atoms with Crippen LogP contribution in [0.3, 0.4) is 0 Å². The Morgan fingerprint density at radius 1 is 0.439 bits per heavy atom. The molecule has 66 heavy (non-hydrogen) atoms. The number of para-hydroxylation sites is 2. The maximum Gasteiger partial charge on any atom is 0.136 e. The molecule has 13 rings (SSSR count). The highest BCUT2D eigenvalue weighted by Crippen LogP contribution is 2.57. The van der Waals surface area contributed by atoms with Gasteiger partial charge >= 0.3 is 0 Å². The van der Waals surface area contributed by atoms with E-state index >= 15 is 0 Å². The quantitative estimate of drug-likeness (QED) is 0.159. The lowest BCUT2D eigenvalue weighted by atomic mass is 9.65. The molecule has 312 valence electrons. The second kappa shape index (κ2) is 14.9. The number of fused-ring (bicyclic) bond motifs is 9. The molecule has 0 bridgehead atoms. The van der Waals surface area contributed by atoms with Crippen molar-refractivity contribution >= 4 is 45.1 Å². The van der Waals surface area contributed by atoms with Gasteiger partial charge in [0.05, 0.1) is 11.1 Å². The Bertz CT molecular complexity index is 3570. The lowest BCUT2D eigenvalue weighted by Gasteiger charge is -2.38. The van der Waals surface area contributed by atoms with Gasteiger partial charge in [-0.2, -0.15) is 0 Å². The molecule has 0 fully saturated rings. The molecule has 0 radical (unpaired) electrons. The van der Waals surface area contributed by atoms with Gasteiger partial charge in [0, 0.05) is 39.0 Å². The minimum absolute atomic E-state index is 0.0779. The summed E-state index contributed by atoms with van der Waals surface area (Å²) in [5.41, 5.74) is 19.4. The molecule has 0 spiro atoms. The van der Waals surface area contributed by atoms with Crippen LogP contribution in [0.25, 0.3) is 61.4 Å². The maximum atomic E-state index is 6.47. The Kier molecular flexibility index (Phi) is 8.66. The topological polar surface area (TPSA) is 16.4 Å². The molecule has 10 aromatic rings. The van der Waals surface area contributed by atoms with Crippen molar-refractivity contribution < 1.29 is 4.42 Å². The van der Waals surface area contributed by atoms with Gasteiger partial charge in [-0.05, 0) is 110 Å². The van der Waals surface area contributed by atoms with Crippen molar-refractivity contribution in [2.75, 3.05) is 4.90 Å². The third kappa shape index (κ3) is 5.68. The Balaban J connectivity index is 1.00. The summed E-state index contributed by atoms with van der Waals surface area (Å²) in [4.78, 5) is 2.45. The zero-order valence-electron chi connectivity index (χ0n) is 36.6. The van der Waals surface area contributed by atoms with Gasteiger partial charge in [-0.3, -0.25) is 0 Å². The first-order valence-corrected chi connectivity index (χ1v) is 23.0. The lowest BCUT2D eigenvalue weighted by molar-refractivity contribution is 0.493. The van der Waals surface area contributed by atoms with Gasteiger partial charge in [-0.15, -0.1) is 0 Å². The second-order valence-electron chi connectivity index (χ2n) is 18.1. The molecule has 0 amide bonds. The fourth-order valence-corrected chi connectivity index (χ4v) is 11.5. The second-order valence-corrected chi connectivity index (χ2v) is 18.1. The van der Waals surface area contributed by atoms with E-state index in [2.05, 4.69) is 248 Å². The molecule has 0 saturated carbocycles. The van der Waals surface area contributed by atoms with Crippen molar-refractivity contribution in [3.63, 3.8) is 0 Å². The van der Waals surface area contributed by atoms with Crippen molar-refractivity contribution in [1.82, 2.24) is 0 Å². The van der Waals surface area contributed by atoms with Gasteiger partial charge < -0.3 is 9.32 Å². The molecule has 1 aromatic heterocycles. The van der Waals surface area contributed by atoms with Crippen LogP contribution in [0.1, 0.15) is 40.3 Å². The minimum atomic E-state index is -0.483. The van der Waals surface area contributed by atoms with Crippen LogP contribution in [0, 0.1) is 5.92 Å². The summed E-state index contributed by atoms with van der Waals surface area (Å²) < 4.78 is 6.47. The van der Waals surface area contributed by atoms with E-state index < -0.39 is 5.41 Å². The lowest BCUT2D eigenvalue weighted by Crippen LogP contribution is -2.32. The highest BCUT2D eigenvalue weighted by atomic mass is 16.3. The fraction of sp³-hybridized carbons (Fsp3) is 0.0625. The van der Waals surface area contributed by atoms with E-state index in [1.165, 1.54) is 55.6 Å². The summed E-state index contributed by atoms with van der Waals surface area (Å²) in [5, 5.41) is 2.25. The Hall–Kier alpha value is -8.20. The predicted octanol–water partition coefficient (Wildman–Crippen LogP) is 16.8. The van der Waals surface area contributed by atoms with Crippen LogP contribution in [0.5, 0.6) is 0 Å². The summed E-state index contributed by atoms with van der Waals surface area (Å²) in [7, 11) is 0. The van der Waals surface area contributed by atoms with Crippen LogP contribution >= 0.6 is 0 Å². The molecule has 0 aliphatic heterocycles. The molecule has 2 unspecified atom stereocenters. The first-order valence-electron chi connectivity index (χ1n) is 23.0. The monoisotopic (exact) mass is 843 g/mol. The van der Waals surface area contributed by atoms with E-state index in [4.69, 9.17) is 4.42 Å². The largest absolute Gasteiger partial charge is 0.456 e. The van der Waals surface area contributed by atoms with Crippen molar-refractivity contribution in [3.8, 4) is 33.4 Å². The molecule has 2 atom stereocenters. The van der Waals surface area contributed by atoms with Crippen molar-refractivity contribution in [2.24, 2.45) is 5.92 Å². The fourth-order valence-electron chi connectivity index (χ4n) is 11.5. The van der Waals surface area contributed by atoms with Crippen LogP contribution in [0.2, 0.25) is 0 Å². The number of rotatable bonds is 7. The third-order valence-electron chi connectivity index (χ3n) is 14.7. The Morgan fingerprint density at radius 3 is 1.89 bits per heavy atom. The Labute approximate surface area is 385 Å². The van der Waals surface area contributed by atoms with Gasteiger partial charge in [-0.25, -0.2) is 0 Å². The number of anilines is 3. The third-order valence-corrected chi connectivity index (χ3v) is 14.7. The summed E-state index contributed by atoms with van der Waals surface area (Å²) in [6, 6.07) is 78.0. The number of allylic oxidation sites excluding steroid dienone is 5. The Morgan fingerprint density at radius 2 is 1.08 bits per heavy atom. The summed E-state index contributed by atoms with van der Waals surface area (Å²) in [6.45, 7) is 2.37. The number of nitrogens with zero attached hydrogens (tertiary/aromatic N) is 1. The molecule has 0 N–H and O–H groups in total. The van der Waals surface area contributed by atoms with E-state index in [0.717, 1.165) is 50.1 Å². The van der Waals surface area contributed by atoms with Gasteiger partial charge in [-0.1, -0.05) is 207 Å². The van der Waals surface area contributed by atoms with Crippen LogP contribution in [-0.2, 0) is 10.8 Å². The van der Waals surface area contributed by atoms with E-state index in [1.807, 2.05) is 12.1 Å². The van der Waals surface area contributed by atoms with Crippen molar-refractivity contribution in [3.05, 3.63) is 276 Å². The number of benzene rings is 9. The van der Waals surface area contributed by atoms with E-state index in [0.29, 0.717) is 5.92 Å². The molecule has 9 aromatic carbocycles. The van der Waals surface area contributed by atoms with E-state index in [-0.39, 0.29) is 5.41 Å². The SMILES string of the molecule is CC12C=CC=CC1C=Cc1c(-c3ccc(N(c4ccc5c(c4)-c4ccccc4C5(c4ccccc4)c4ccccc4)c4ccccc4-c4ccc5c(c4)oc4ccccc45)cc3)cccc12. The average Bonchev–Trinajstić information content (AvgIpc) is 3.90. The summed E-state index contributed by atoms with van der Waals surface area (Å²) >= 11 is 0. The maximum absolute atomic E-state index is 6.47. The summed E-state index contributed by atoms with van der Waals surface area (Å²) in [5.74, 6) is 0.346. The number of furan rings is 1. The highest BCUT2D eigenvalue weighted by Gasteiger charge is 2.46. The van der Waals surface area contributed by atoms with Crippen LogP contribution in [0.4, 0.5) is 17.1 Å². The van der Waals surface area contributed by atoms with Gasteiger partial charge in [0.2, 0.25) is 0 Å². The molecule has 2 nitrogen and oxygen atoms in total. The van der Waals surface area contributed by atoms with Crippen molar-refractivity contribution in [2.45, 2.75) is 17.8 Å². The molecule has 3 aliphatic carbocycles. The van der Waals surface area contributed by atoms with Gasteiger partial charge in [0.25, 0.3) is 0 Å². The van der Waals surface area contributed by atoms with Crippen LogP contribution in [-0.4, -0.2) is 0 Å². The number of hydrogen-bond acceptors (Lipinski definition) is 2. The molecule has 3 aliphatic rings. The van der Waals surface area contributed by atoms with E-state index in [9.17, 15) is 0 Å². The molecule has 2 heteroatoms. The molecular formula is C64H45NO. The standard InChI is InChI=1S/C64H45NO/c1-63-40-15-14-17-45(63)33-38-53-50(25-16-27-57(53)63)43-30-34-48(35-31-43)65(60-28-12-9-22-51(60)44-32-37-55-54-24-10-13-29-61(54)66-62(55)41-44)49-36-39-59-56(42-49)52-23-8-11-26-58(52)64(59,46-18-4-2-5-19-46)47-20-6-3-7-21-47/h2-42,45H,1H3. The van der Waals surface area contributed by atoms with Gasteiger partial charge in [0.15, 0.2) is 0 Å².